The summed E-state index contributed by atoms with van der Waals surface area (Å²) in [5, 5.41) is 7.74. The van der Waals surface area contributed by atoms with Gasteiger partial charge in [0.15, 0.2) is 0 Å². The molecule has 21 heavy (non-hydrogen) atoms. The van der Waals surface area contributed by atoms with Gasteiger partial charge in [0, 0.05) is 42.5 Å². The Bertz CT molecular complexity index is 637. The highest BCUT2D eigenvalue weighted by molar-refractivity contribution is 5.31. The Kier molecular flexibility index (Phi) is 4.63. The third-order valence-electron chi connectivity index (χ3n) is 3.92. The normalized spacial score (nSPS) is 12.5. The molecule has 0 amide bonds. The van der Waals surface area contributed by atoms with Gasteiger partial charge in [-0.25, -0.2) is 4.39 Å². The van der Waals surface area contributed by atoms with Crippen LogP contribution in [0.3, 0.4) is 0 Å². The maximum absolute atomic E-state index is 14.0. The van der Waals surface area contributed by atoms with Gasteiger partial charge in [-0.3, -0.25) is 4.68 Å². The molecule has 0 saturated carbocycles. The van der Waals surface area contributed by atoms with Gasteiger partial charge in [-0.1, -0.05) is 6.07 Å². The fraction of sp³-hybridized carbons (Fsp3) is 0.438. The second kappa shape index (κ2) is 6.26. The lowest BCUT2D eigenvalue weighted by atomic mass is 10.1. The van der Waals surface area contributed by atoms with Crippen LogP contribution < -0.4 is 10.1 Å². The van der Waals surface area contributed by atoms with Gasteiger partial charge in [0.1, 0.15) is 11.6 Å². The molecule has 0 bridgehead atoms. The second-order valence-corrected chi connectivity index (χ2v) is 5.26. The number of nitrogens with zero attached hydrogens (tertiary/aromatic N) is 2. The molecule has 1 atom stereocenters. The van der Waals surface area contributed by atoms with Crippen molar-refractivity contribution in [1.29, 1.82) is 0 Å². The van der Waals surface area contributed by atoms with Gasteiger partial charge < -0.3 is 10.1 Å². The van der Waals surface area contributed by atoms with Gasteiger partial charge in [0.2, 0.25) is 0 Å². The standard InChI is InChI=1S/C16H22FN3O/c1-10(14-7-6-13(21-5)8-16(14)17)18-9-15-11(2)19-20(4)12(15)3/h6-8,10,18H,9H2,1-5H3. The molecule has 2 rings (SSSR count). The molecule has 0 fully saturated rings. The van der Waals surface area contributed by atoms with Crippen LogP contribution in [0.2, 0.25) is 0 Å². The highest BCUT2D eigenvalue weighted by atomic mass is 19.1. The first-order valence-electron chi connectivity index (χ1n) is 7.00. The lowest BCUT2D eigenvalue weighted by Gasteiger charge is -2.16. The zero-order valence-corrected chi connectivity index (χ0v) is 13.2. The summed E-state index contributed by atoms with van der Waals surface area (Å²) in [4.78, 5) is 0. The van der Waals surface area contributed by atoms with Crippen molar-refractivity contribution in [2.45, 2.75) is 33.4 Å². The summed E-state index contributed by atoms with van der Waals surface area (Å²) in [5.74, 6) is 0.274. The summed E-state index contributed by atoms with van der Waals surface area (Å²) < 4.78 is 20.9. The summed E-state index contributed by atoms with van der Waals surface area (Å²) in [5.41, 5.74) is 3.93. The minimum absolute atomic E-state index is 0.0880. The second-order valence-electron chi connectivity index (χ2n) is 5.26. The molecule has 1 unspecified atom stereocenters. The predicted molar refractivity (Wildman–Crippen MR) is 80.9 cm³/mol. The molecule has 0 aliphatic carbocycles. The summed E-state index contributed by atoms with van der Waals surface area (Å²) in [6.45, 7) is 6.64. The van der Waals surface area contributed by atoms with Crippen LogP contribution in [-0.4, -0.2) is 16.9 Å². The van der Waals surface area contributed by atoms with Crippen molar-refractivity contribution in [3.05, 3.63) is 46.5 Å². The van der Waals surface area contributed by atoms with Crippen LogP contribution in [0.15, 0.2) is 18.2 Å². The van der Waals surface area contributed by atoms with Crippen LogP contribution in [0.25, 0.3) is 0 Å². The number of nitrogens with one attached hydrogen (secondary N) is 1. The molecule has 2 aromatic rings. The van der Waals surface area contributed by atoms with Crippen LogP contribution in [0, 0.1) is 19.7 Å². The molecule has 0 spiro atoms. The first kappa shape index (κ1) is 15.5. The Labute approximate surface area is 124 Å². The molecule has 1 aromatic heterocycles. The van der Waals surface area contributed by atoms with Crippen molar-refractivity contribution < 1.29 is 9.13 Å². The number of aryl methyl sites for hydroxylation is 2. The Morgan fingerprint density at radius 1 is 1.38 bits per heavy atom. The zero-order chi connectivity index (χ0) is 15.6. The smallest absolute Gasteiger partial charge is 0.131 e. The molecular weight excluding hydrogens is 269 g/mol. The summed E-state index contributed by atoms with van der Waals surface area (Å²) in [7, 11) is 3.46. The average Bonchev–Trinajstić information content (AvgIpc) is 2.69. The number of hydrogen-bond acceptors (Lipinski definition) is 3. The number of benzene rings is 1. The monoisotopic (exact) mass is 291 g/mol. The first-order valence-corrected chi connectivity index (χ1v) is 7.00. The van der Waals surface area contributed by atoms with Crippen molar-refractivity contribution in [3.8, 4) is 5.75 Å². The number of halogens is 1. The number of rotatable bonds is 5. The van der Waals surface area contributed by atoms with E-state index >= 15 is 0 Å². The first-order chi connectivity index (χ1) is 9.93. The van der Waals surface area contributed by atoms with Gasteiger partial charge in [0.25, 0.3) is 0 Å². The molecular formula is C16H22FN3O. The van der Waals surface area contributed by atoms with Crippen LogP contribution in [-0.2, 0) is 13.6 Å². The lowest BCUT2D eigenvalue weighted by Crippen LogP contribution is -2.20. The molecule has 5 heteroatoms. The van der Waals surface area contributed by atoms with Crippen molar-refractivity contribution >= 4 is 0 Å². The van der Waals surface area contributed by atoms with E-state index in [9.17, 15) is 4.39 Å². The van der Waals surface area contributed by atoms with E-state index in [-0.39, 0.29) is 11.9 Å². The molecule has 0 aliphatic heterocycles. The van der Waals surface area contributed by atoms with E-state index < -0.39 is 0 Å². The van der Waals surface area contributed by atoms with E-state index in [1.807, 2.05) is 32.5 Å². The fourth-order valence-electron chi connectivity index (χ4n) is 2.42. The van der Waals surface area contributed by atoms with Crippen molar-refractivity contribution in [2.24, 2.45) is 7.05 Å². The number of hydrogen-bond donors (Lipinski definition) is 1. The third kappa shape index (κ3) is 3.24. The molecule has 1 N–H and O–H groups in total. The maximum atomic E-state index is 14.0. The maximum Gasteiger partial charge on any atom is 0.131 e. The van der Waals surface area contributed by atoms with E-state index in [1.54, 1.807) is 12.1 Å². The van der Waals surface area contributed by atoms with Crippen LogP contribution in [0.5, 0.6) is 5.75 Å². The molecule has 1 aromatic carbocycles. The minimum atomic E-state index is -0.256. The fourth-order valence-corrected chi connectivity index (χ4v) is 2.42. The van der Waals surface area contributed by atoms with E-state index in [0.29, 0.717) is 17.9 Å². The lowest BCUT2D eigenvalue weighted by molar-refractivity contribution is 0.409. The van der Waals surface area contributed by atoms with Crippen molar-refractivity contribution in [2.75, 3.05) is 7.11 Å². The minimum Gasteiger partial charge on any atom is -0.497 e. The zero-order valence-electron chi connectivity index (χ0n) is 13.2. The number of methoxy groups -OCH3 is 1. The van der Waals surface area contributed by atoms with Gasteiger partial charge in [-0.2, -0.15) is 5.10 Å². The Hall–Kier alpha value is -1.88. The molecule has 0 aliphatic rings. The topological polar surface area (TPSA) is 39.1 Å². The third-order valence-corrected chi connectivity index (χ3v) is 3.92. The predicted octanol–water partition coefficient (Wildman–Crippen LogP) is 3.04. The quantitative estimate of drug-likeness (QED) is 0.920. The Balaban J connectivity index is 2.10. The van der Waals surface area contributed by atoms with Gasteiger partial charge in [-0.05, 0) is 26.8 Å². The van der Waals surface area contributed by atoms with Crippen LogP contribution in [0.4, 0.5) is 4.39 Å². The van der Waals surface area contributed by atoms with E-state index in [4.69, 9.17) is 4.74 Å². The summed E-state index contributed by atoms with van der Waals surface area (Å²) >= 11 is 0. The van der Waals surface area contributed by atoms with Crippen LogP contribution >= 0.6 is 0 Å². The molecule has 1 heterocycles. The van der Waals surface area contributed by atoms with Crippen LogP contribution in [0.1, 0.15) is 35.5 Å². The highest BCUT2D eigenvalue weighted by Gasteiger charge is 2.14. The van der Waals surface area contributed by atoms with Crippen molar-refractivity contribution in [3.63, 3.8) is 0 Å². The highest BCUT2D eigenvalue weighted by Crippen LogP contribution is 2.22. The van der Waals surface area contributed by atoms with Crippen molar-refractivity contribution in [1.82, 2.24) is 15.1 Å². The number of aromatic nitrogens is 2. The van der Waals surface area contributed by atoms with Gasteiger partial charge >= 0.3 is 0 Å². The Morgan fingerprint density at radius 2 is 2.10 bits per heavy atom. The SMILES string of the molecule is COc1ccc(C(C)NCc2c(C)nn(C)c2C)c(F)c1. The Morgan fingerprint density at radius 3 is 2.62 bits per heavy atom. The van der Waals surface area contributed by atoms with Gasteiger partial charge in [0.05, 0.1) is 12.8 Å². The van der Waals surface area contributed by atoms with E-state index in [1.165, 1.54) is 18.7 Å². The molecule has 114 valence electrons. The molecule has 0 saturated heterocycles. The summed E-state index contributed by atoms with van der Waals surface area (Å²) in [6, 6.07) is 4.86. The van der Waals surface area contributed by atoms with E-state index in [0.717, 1.165) is 11.4 Å². The van der Waals surface area contributed by atoms with E-state index in [2.05, 4.69) is 10.4 Å². The largest absolute Gasteiger partial charge is 0.497 e. The summed E-state index contributed by atoms with van der Waals surface area (Å²) in [6.07, 6.45) is 0. The molecule has 4 nitrogen and oxygen atoms in total. The van der Waals surface area contributed by atoms with Gasteiger partial charge in [-0.15, -0.1) is 0 Å². The molecule has 0 radical (unpaired) electrons. The number of ether oxygens (including phenoxy) is 1. The average molecular weight is 291 g/mol.